The van der Waals surface area contributed by atoms with E-state index in [0.717, 1.165) is 81.6 Å². The Kier molecular flexibility index (Phi) is 5.62. The molecule has 1 fully saturated rings. The molecule has 6 rings (SSSR count). The van der Waals surface area contributed by atoms with Crippen LogP contribution in [0.4, 0.5) is 5.69 Å². The Balaban J connectivity index is 1.42. The Morgan fingerprint density at radius 1 is 0.892 bits per heavy atom. The predicted molar refractivity (Wildman–Crippen MR) is 148 cm³/mol. The fourth-order valence-corrected chi connectivity index (χ4v) is 5.03. The van der Waals surface area contributed by atoms with Crippen molar-refractivity contribution in [2.75, 3.05) is 38.1 Å². The summed E-state index contributed by atoms with van der Waals surface area (Å²) in [6, 6.07) is 19.1. The number of nitriles is 1. The van der Waals surface area contributed by atoms with Gasteiger partial charge in [0.2, 0.25) is 0 Å². The van der Waals surface area contributed by atoms with Crippen LogP contribution >= 0.6 is 0 Å². The molecule has 4 heterocycles. The Labute approximate surface area is 216 Å². The molecular weight excluding hydrogens is 458 g/mol. The maximum absolute atomic E-state index is 9.50. The zero-order valence-electron chi connectivity index (χ0n) is 21.4. The number of nitrogens with one attached hydrogen (secondary N) is 1. The number of fused-ring (bicyclic) bond motifs is 3. The van der Waals surface area contributed by atoms with E-state index in [0.29, 0.717) is 0 Å². The molecule has 0 unspecified atom stereocenters. The second-order valence-electron chi connectivity index (χ2n) is 10.4. The fourth-order valence-electron chi connectivity index (χ4n) is 5.03. The van der Waals surface area contributed by atoms with Crippen LogP contribution in [0.25, 0.3) is 44.2 Å². The summed E-state index contributed by atoms with van der Waals surface area (Å²) in [4.78, 5) is 14.0. The standard InChI is InChI=1S/C30H29N7/c1-30(2,19-31)23-7-4-20(5-8-23)29-28-25-15-21(6-9-26(25)33-18-27(28)34-35-29)22-14-24(17-32-16-22)37-12-10-36(3)11-13-37/h4-9,14-18H,10-13H2,1-3H3,(H,34,35). The Hall–Kier alpha value is -4.28. The van der Waals surface area contributed by atoms with E-state index in [2.05, 4.69) is 67.3 Å². The normalized spacial score (nSPS) is 14.8. The fraction of sp³-hybridized carbons (Fsp3) is 0.267. The van der Waals surface area contributed by atoms with Crippen LogP contribution in [0.3, 0.4) is 0 Å². The van der Waals surface area contributed by atoms with E-state index in [1.165, 1.54) is 0 Å². The minimum atomic E-state index is -0.537. The van der Waals surface area contributed by atoms with E-state index in [9.17, 15) is 5.26 Å². The van der Waals surface area contributed by atoms with Gasteiger partial charge in [0.15, 0.2) is 0 Å². The minimum Gasteiger partial charge on any atom is -0.368 e. The number of hydrogen-bond acceptors (Lipinski definition) is 6. The highest BCUT2D eigenvalue weighted by Crippen LogP contribution is 2.35. The van der Waals surface area contributed by atoms with Crippen LogP contribution in [0, 0.1) is 11.3 Å². The van der Waals surface area contributed by atoms with Gasteiger partial charge < -0.3 is 9.80 Å². The number of anilines is 1. The van der Waals surface area contributed by atoms with Crippen molar-refractivity contribution in [2.24, 2.45) is 0 Å². The van der Waals surface area contributed by atoms with E-state index in [1.807, 2.05) is 56.7 Å². The summed E-state index contributed by atoms with van der Waals surface area (Å²) in [5.41, 5.74) is 7.49. The van der Waals surface area contributed by atoms with Crippen LogP contribution < -0.4 is 4.90 Å². The summed E-state index contributed by atoms with van der Waals surface area (Å²) in [7, 11) is 2.17. The zero-order valence-corrected chi connectivity index (χ0v) is 21.4. The van der Waals surface area contributed by atoms with Crippen molar-refractivity contribution in [1.82, 2.24) is 25.1 Å². The van der Waals surface area contributed by atoms with Crippen molar-refractivity contribution < 1.29 is 0 Å². The lowest BCUT2D eigenvalue weighted by atomic mass is 9.86. The molecule has 1 aliphatic heterocycles. The highest BCUT2D eigenvalue weighted by molar-refractivity contribution is 6.11. The first-order chi connectivity index (χ1) is 17.9. The highest BCUT2D eigenvalue weighted by atomic mass is 15.2. The van der Waals surface area contributed by atoms with E-state index in [-0.39, 0.29) is 0 Å². The van der Waals surface area contributed by atoms with Gasteiger partial charge in [-0.05, 0) is 50.2 Å². The van der Waals surface area contributed by atoms with Gasteiger partial charge in [-0.2, -0.15) is 10.4 Å². The largest absolute Gasteiger partial charge is 0.368 e. The molecule has 0 atom stereocenters. The Morgan fingerprint density at radius 3 is 2.41 bits per heavy atom. The highest BCUT2D eigenvalue weighted by Gasteiger charge is 2.20. The van der Waals surface area contributed by atoms with Gasteiger partial charge in [-0.3, -0.25) is 15.1 Å². The lowest BCUT2D eigenvalue weighted by Crippen LogP contribution is -2.44. The molecular formula is C30H29N7. The molecule has 5 aromatic rings. The van der Waals surface area contributed by atoms with Gasteiger partial charge in [0.05, 0.1) is 40.6 Å². The molecule has 0 saturated carbocycles. The number of H-pyrrole nitrogens is 1. The predicted octanol–water partition coefficient (Wildman–Crippen LogP) is 5.39. The summed E-state index contributed by atoms with van der Waals surface area (Å²) < 4.78 is 0. The smallest absolute Gasteiger partial charge is 0.101 e. The van der Waals surface area contributed by atoms with Gasteiger partial charge in [-0.1, -0.05) is 30.3 Å². The van der Waals surface area contributed by atoms with Gasteiger partial charge in [0, 0.05) is 54.3 Å². The van der Waals surface area contributed by atoms with Crippen LogP contribution in [0.15, 0.2) is 67.1 Å². The zero-order chi connectivity index (χ0) is 25.6. The number of benzene rings is 2. The number of likely N-dealkylation sites (N-methyl/N-ethyl adjacent to an activating group) is 1. The van der Waals surface area contributed by atoms with Crippen molar-refractivity contribution >= 4 is 27.5 Å². The number of rotatable bonds is 4. The third kappa shape index (κ3) is 4.20. The summed E-state index contributed by atoms with van der Waals surface area (Å²) >= 11 is 0. The number of aromatic nitrogens is 4. The van der Waals surface area contributed by atoms with E-state index < -0.39 is 5.41 Å². The number of nitrogens with zero attached hydrogens (tertiary/aromatic N) is 6. The minimum absolute atomic E-state index is 0.537. The van der Waals surface area contributed by atoms with Gasteiger partial charge in [-0.25, -0.2) is 0 Å². The van der Waals surface area contributed by atoms with Crippen LogP contribution in [-0.2, 0) is 5.41 Å². The van der Waals surface area contributed by atoms with Gasteiger partial charge >= 0.3 is 0 Å². The van der Waals surface area contributed by atoms with Gasteiger partial charge in [-0.15, -0.1) is 0 Å². The third-order valence-corrected chi connectivity index (χ3v) is 7.48. The average Bonchev–Trinajstić information content (AvgIpc) is 3.38. The quantitative estimate of drug-likeness (QED) is 0.366. The molecule has 1 N–H and O–H groups in total. The Bertz CT molecular complexity index is 1640. The Morgan fingerprint density at radius 2 is 1.65 bits per heavy atom. The molecule has 7 nitrogen and oxygen atoms in total. The summed E-state index contributed by atoms with van der Waals surface area (Å²) in [5.74, 6) is 0. The van der Waals surface area contributed by atoms with Crippen molar-refractivity contribution in [3.63, 3.8) is 0 Å². The molecule has 1 aliphatic rings. The molecule has 0 aliphatic carbocycles. The molecule has 7 heteroatoms. The number of hydrogen-bond donors (Lipinski definition) is 1. The maximum atomic E-state index is 9.50. The first kappa shape index (κ1) is 23.1. The molecule has 184 valence electrons. The lowest BCUT2D eigenvalue weighted by molar-refractivity contribution is 0.313. The topological polar surface area (TPSA) is 84.7 Å². The first-order valence-electron chi connectivity index (χ1n) is 12.6. The van der Waals surface area contributed by atoms with E-state index >= 15 is 0 Å². The first-order valence-corrected chi connectivity index (χ1v) is 12.6. The number of aromatic amines is 1. The second-order valence-corrected chi connectivity index (χ2v) is 10.4. The van der Waals surface area contributed by atoms with Gasteiger partial charge in [0.25, 0.3) is 0 Å². The molecule has 0 amide bonds. The summed E-state index contributed by atoms with van der Waals surface area (Å²) in [6.45, 7) is 7.99. The third-order valence-electron chi connectivity index (χ3n) is 7.48. The van der Waals surface area contributed by atoms with E-state index in [1.54, 1.807) is 0 Å². The lowest BCUT2D eigenvalue weighted by Gasteiger charge is -2.34. The van der Waals surface area contributed by atoms with E-state index in [4.69, 9.17) is 0 Å². The molecule has 37 heavy (non-hydrogen) atoms. The van der Waals surface area contributed by atoms with Crippen molar-refractivity contribution in [2.45, 2.75) is 19.3 Å². The van der Waals surface area contributed by atoms with Crippen molar-refractivity contribution in [1.29, 1.82) is 5.26 Å². The van der Waals surface area contributed by atoms with Crippen LogP contribution in [-0.4, -0.2) is 58.3 Å². The SMILES string of the molecule is CN1CCN(c2cncc(-c3ccc4ncc5[nH]nc(-c6ccc(C(C)(C)C#N)cc6)c5c4c3)c2)CC1. The molecule has 1 saturated heterocycles. The molecule has 0 bridgehead atoms. The van der Waals surface area contributed by atoms with Crippen molar-refractivity contribution in [3.05, 3.63) is 72.7 Å². The maximum Gasteiger partial charge on any atom is 0.101 e. The van der Waals surface area contributed by atoms with Crippen LogP contribution in [0.2, 0.25) is 0 Å². The molecule has 0 radical (unpaired) electrons. The average molecular weight is 488 g/mol. The molecule has 0 spiro atoms. The summed E-state index contributed by atoms with van der Waals surface area (Å²) in [6.07, 6.45) is 5.73. The number of pyridine rings is 2. The van der Waals surface area contributed by atoms with Gasteiger partial charge in [0.1, 0.15) is 5.69 Å². The molecule has 3 aromatic heterocycles. The van der Waals surface area contributed by atoms with Crippen LogP contribution in [0.1, 0.15) is 19.4 Å². The monoisotopic (exact) mass is 487 g/mol. The van der Waals surface area contributed by atoms with Crippen molar-refractivity contribution in [3.8, 4) is 28.5 Å². The molecule has 2 aromatic carbocycles. The second kappa shape index (κ2) is 8.99. The summed E-state index contributed by atoms with van der Waals surface area (Å²) in [5, 5.41) is 19.4. The van der Waals surface area contributed by atoms with Crippen LogP contribution in [0.5, 0.6) is 0 Å². The number of piperazine rings is 1.